The number of ether oxygens (including phenoxy) is 2. The lowest BCUT2D eigenvalue weighted by Gasteiger charge is -2.24. The number of hydrogen-bond donors (Lipinski definition) is 1. The number of quaternary nitrogens is 1. The number of esters is 2. The van der Waals surface area contributed by atoms with Gasteiger partial charge in [0.05, 0.1) is 27.7 Å². The molecule has 9 nitrogen and oxygen atoms in total. The molecule has 0 aliphatic rings. The quantitative estimate of drug-likeness (QED) is 0.0211. The van der Waals surface area contributed by atoms with Crippen molar-refractivity contribution in [3.63, 3.8) is 0 Å². The van der Waals surface area contributed by atoms with Gasteiger partial charge < -0.3 is 18.9 Å². The number of unbranched alkanes of at least 4 members (excludes halogenated alkanes) is 31. The lowest BCUT2D eigenvalue weighted by molar-refractivity contribution is -0.870. The monoisotopic (exact) mass is 1190 g/mol. The third-order valence-corrected chi connectivity index (χ3v) is 15.8. The average Bonchev–Trinajstić information content (AvgIpc) is 3.61. The summed E-state index contributed by atoms with van der Waals surface area (Å²) in [6.45, 7) is 4.32. The molecule has 0 amide bonds. The van der Waals surface area contributed by atoms with Crippen molar-refractivity contribution in [2.24, 2.45) is 0 Å². The van der Waals surface area contributed by atoms with Crippen molar-refractivity contribution in [1.82, 2.24) is 0 Å². The number of phosphoric ester groups is 1. The molecule has 0 aromatic heterocycles. The molecule has 0 aromatic rings. The Morgan fingerprint density at radius 2 is 0.679 bits per heavy atom. The number of likely N-dealkylation sites (N-methyl/N-ethyl adjacent to an activating group) is 1. The largest absolute Gasteiger partial charge is 0.472 e. The van der Waals surface area contributed by atoms with Gasteiger partial charge in [-0.05, 0) is 103 Å². The van der Waals surface area contributed by atoms with E-state index in [9.17, 15) is 19.0 Å². The number of phosphoric acid groups is 1. The van der Waals surface area contributed by atoms with E-state index < -0.39 is 26.5 Å². The first kappa shape index (κ1) is 80.7. The Kier molecular flexibility index (Phi) is 61.6. The number of rotatable bonds is 63. The van der Waals surface area contributed by atoms with E-state index in [0.717, 1.165) is 96.3 Å². The number of hydrogen-bond acceptors (Lipinski definition) is 7. The fourth-order valence-corrected chi connectivity index (χ4v) is 10.2. The Hall–Kier alpha value is -3.33. The van der Waals surface area contributed by atoms with Gasteiger partial charge in [0.25, 0.3) is 0 Å². The summed E-state index contributed by atoms with van der Waals surface area (Å²) in [4.78, 5) is 35.9. The first-order valence-corrected chi connectivity index (χ1v) is 36.1. The molecule has 0 rings (SSSR count). The van der Waals surface area contributed by atoms with E-state index in [4.69, 9.17) is 18.5 Å². The van der Waals surface area contributed by atoms with Gasteiger partial charge in [-0.3, -0.25) is 18.6 Å². The summed E-state index contributed by atoms with van der Waals surface area (Å²) < 4.78 is 34.7. The highest BCUT2D eigenvalue weighted by molar-refractivity contribution is 7.47. The van der Waals surface area contributed by atoms with Gasteiger partial charge in [0.2, 0.25) is 0 Å². The van der Waals surface area contributed by atoms with Crippen LogP contribution in [-0.4, -0.2) is 74.9 Å². The predicted molar refractivity (Wildman–Crippen MR) is 362 cm³/mol. The lowest BCUT2D eigenvalue weighted by Crippen LogP contribution is -2.37. The van der Waals surface area contributed by atoms with Crippen LogP contribution in [0.25, 0.3) is 0 Å². The number of nitrogens with zero attached hydrogens (tertiary/aromatic N) is 1. The zero-order valence-electron chi connectivity index (χ0n) is 55.1. The van der Waals surface area contributed by atoms with Crippen LogP contribution in [0.3, 0.4) is 0 Å². The Labute approximate surface area is 518 Å². The SMILES string of the molecule is CC/C=C\C/C=C\C/C=C\C/C=C\C/C=C\C/C=C\C/C=C\CCCCCCCCCCCC(=O)OC(COC(=O)CCCCCCCCCCCCCCCCCCC/C=C\C/C=C\CCCCCCC)COP(=O)(O)OCC[N+](C)(C)C. The van der Waals surface area contributed by atoms with Gasteiger partial charge in [-0.2, -0.15) is 0 Å². The van der Waals surface area contributed by atoms with Crippen molar-refractivity contribution in [3.05, 3.63) is 109 Å². The van der Waals surface area contributed by atoms with Crippen molar-refractivity contribution in [2.45, 2.75) is 302 Å². The second-order valence-corrected chi connectivity index (χ2v) is 25.6. The lowest BCUT2D eigenvalue weighted by atomic mass is 10.0. The van der Waals surface area contributed by atoms with Crippen LogP contribution in [0.1, 0.15) is 296 Å². The van der Waals surface area contributed by atoms with Crippen LogP contribution in [0.4, 0.5) is 0 Å². The van der Waals surface area contributed by atoms with Crippen LogP contribution in [0.5, 0.6) is 0 Å². The molecule has 0 heterocycles. The van der Waals surface area contributed by atoms with Crippen LogP contribution in [-0.2, 0) is 32.7 Å². The Morgan fingerprint density at radius 1 is 0.381 bits per heavy atom. The highest BCUT2D eigenvalue weighted by Gasteiger charge is 2.27. The summed E-state index contributed by atoms with van der Waals surface area (Å²) in [7, 11) is 1.47. The summed E-state index contributed by atoms with van der Waals surface area (Å²) >= 11 is 0. The van der Waals surface area contributed by atoms with E-state index in [1.807, 2.05) is 21.1 Å². The number of carbonyl (C=O) groups excluding carboxylic acids is 2. The highest BCUT2D eigenvalue weighted by atomic mass is 31.2. The van der Waals surface area contributed by atoms with Crippen LogP contribution < -0.4 is 0 Å². The number of carbonyl (C=O) groups is 2. The molecule has 0 bridgehead atoms. The maximum Gasteiger partial charge on any atom is 0.472 e. The average molecular weight is 1190 g/mol. The minimum Gasteiger partial charge on any atom is -0.462 e. The van der Waals surface area contributed by atoms with Crippen molar-refractivity contribution < 1.29 is 42.1 Å². The van der Waals surface area contributed by atoms with E-state index in [1.165, 1.54) is 167 Å². The molecule has 0 aromatic carbocycles. The second-order valence-electron chi connectivity index (χ2n) is 24.2. The Balaban J connectivity index is 4.09. The molecule has 10 heteroatoms. The molecule has 484 valence electrons. The van der Waals surface area contributed by atoms with Gasteiger partial charge in [-0.25, -0.2) is 4.57 Å². The maximum atomic E-state index is 12.9. The minimum absolute atomic E-state index is 0.0265. The molecular weight excluding hydrogens is 1060 g/mol. The maximum absolute atomic E-state index is 12.9. The van der Waals surface area contributed by atoms with Gasteiger partial charge in [-0.15, -0.1) is 0 Å². The summed E-state index contributed by atoms with van der Waals surface area (Å²) in [5, 5.41) is 0. The van der Waals surface area contributed by atoms with Gasteiger partial charge in [0, 0.05) is 12.8 Å². The third kappa shape index (κ3) is 67.8. The van der Waals surface area contributed by atoms with Gasteiger partial charge in [-0.1, -0.05) is 290 Å². The molecular formula is C74H131NO8P+. The number of allylic oxidation sites excluding steroid dienone is 18. The van der Waals surface area contributed by atoms with Crippen molar-refractivity contribution in [3.8, 4) is 0 Å². The van der Waals surface area contributed by atoms with Crippen LogP contribution >= 0.6 is 7.82 Å². The Bertz CT molecular complexity index is 1790. The minimum atomic E-state index is -4.40. The fraction of sp³-hybridized carbons (Fsp3) is 0.730. The summed E-state index contributed by atoms with van der Waals surface area (Å²) in [6.07, 6.45) is 90.4. The van der Waals surface area contributed by atoms with Gasteiger partial charge in [0.15, 0.2) is 6.10 Å². The fourth-order valence-electron chi connectivity index (χ4n) is 9.50. The predicted octanol–water partition coefficient (Wildman–Crippen LogP) is 22.5. The van der Waals surface area contributed by atoms with Crippen LogP contribution in [0, 0.1) is 0 Å². The summed E-state index contributed by atoms with van der Waals surface area (Å²) in [5.41, 5.74) is 0. The third-order valence-electron chi connectivity index (χ3n) is 14.8. The highest BCUT2D eigenvalue weighted by Crippen LogP contribution is 2.43. The zero-order valence-corrected chi connectivity index (χ0v) is 56.0. The van der Waals surface area contributed by atoms with Crippen molar-refractivity contribution in [2.75, 3.05) is 47.5 Å². The summed E-state index contributed by atoms with van der Waals surface area (Å²) in [5.74, 6) is -0.800. The molecule has 0 saturated carbocycles. The van der Waals surface area contributed by atoms with E-state index in [-0.39, 0.29) is 32.0 Å². The first-order valence-electron chi connectivity index (χ1n) is 34.6. The molecule has 2 unspecified atom stereocenters. The molecule has 0 radical (unpaired) electrons. The molecule has 2 atom stereocenters. The van der Waals surface area contributed by atoms with E-state index in [0.29, 0.717) is 17.4 Å². The first-order chi connectivity index (χ1) is 41.0. The van der Waals surface area contributed by atoms with Gasteiger partial charge in [0.1, 0.15) is 19.8 Å². The normalized spacial score (nSPS) is 13.8. The molecule has 84 heavy (non-hydrogen) atoms. The van der Waals surface area contributed by atoms with Crippen molar-refractivity contribution in [1.29, 1.82) is 0 Å². The Morgan fingerprint density at radius 3 is 1.01 bits per heavy atom. The van der Waals surface area contributed by atoms with E-state index in [2.05, 4.69) is 123 Å². The smallest absolute Gasteiger partial charge is 0.462 e. The summed E-state index contributed by atoms with van der Waals surface area (Å²) in [6, 6.07) is 0. The topological polar surface area (TPSA) is 108 Å². The zero-order chi connectivity index (χ0) is 61.2. The van der Waals surface area contributed by atoms with E-state index in [1.54, 1.807) is 0 Å². The van der Waals surface area contributed by atoms with Crippen molar-refractivity contribution >= 4 is 19.8 Å². The van der Waals surface area contributed by atoms with Crippen LogP contribution in [0.15, 0.2) is 109 Å². The second kappa shape index (κ2) is 64.2. The molecule has 0 aliphatic carbocycles. The molecule has 0 aliphatic heterocycles. The standard InChI is InChI=1S/C74H130NO8P/c1-6-8-10-12-14-16-18-20-22-24-26-28-30-32-34-36-37-39-41-43-45-47-49-51-53-55-57-59-61-63-65-67-74(77)83-72(71-82-84(78,79)81-69-68-75(3,4)5)70-80-73(76)66-64-62-60-58-56-54-52-50-48-46-44-42-40-38-35-33-31-29-27-25-23-21-19-17-15-13-11-9-7-2/h8,10,14,16,19-22,25-28,32,34,37,39,43,45,72H,6-7,9,11-13,15,17-18,23-24,29-31,33,35-36,38,40-42,44,46-71H2,1-5H3/p+1/b10-8-,16-14-,21-19-,22-20-,27-25-,28-26-,34-32-,39-37-,45-43-. The molecule has 0 fully saturated rings. The van der Waals surface area contributed by atoms with Gasteiger partial charge >= 0.3 is 19.8 Å². The van der Waals surface area contributed by atoms with E-state index >= 15 is 0 Å². The molecule has 1 N–H and O–H groups in total. The molecule has 0 saturated heterocycles. The van der Waals surface area contributed by atoms with Crippen LogP contribution in [0.2, 0.25) is 0 Å². The molecule has 0 spiro atoms.